The lowest BCUT2D eigenvalue weighted by atomic mass is 9.87. The lowest BCUT2D eigenvalue weighted by Crippen LogP contribution is -2.47. The number of aliphatic hydroxyl groups is 1. The highest BCUT2D eigenvalue weighted by atomic mass is 35.5. The van der Waals surface area contributed by atoms with Gasteiger partial charge in [-0.25, -0.2) is 9.59 Å². The van der Waals surface area contributed by atoms with Crippen LogP contribution in [0.5, 0.6) is 11.5 Å². The minimum Gasteiger partial charge on any atom is -0.465 e. The van der Waals surface area contributed by atoms with Gasteiger partial charge in [0.15, 0.2) is 0 Å². The predicted octanol–water partition coefficient (Wildman–Crippen LogP) is 6.45. The number of rotatable bonds is 7. The number of methoxy groups -OCH3 is 1. The number of aromatic nitrogens is 1. The molecule has 40 heavy (non-hydrogen) atoms. The summed E-state index contributed by atoms with van der Waals surface area (Å²) in [7, 11) is 1.29. The number of carbonyl (C=O) groups excluding carboxylic acids is 2. The average Bonchev–Trinajstić information content (AvgIpc) is 2.91. The van der Waals surface area contributed by atoms with E-state index < -0.39 is 23.8 Å². The molecule has 1 N–H and O–H groups in total. The summed E-state index contributed by atoms with van der Waals surface area (Å²) in [6.45, 7) is 7.44. The van der Waals surface area contributed by atoms with Crippen LogP contribution >= 0.6 is 11.6 Å². The number of aryl methyl sites for hydroxylation is 2. The third-order valence-corrected chi connectivity index (χ3v) is 7.05. The molecule has 0 fully saturated rings. The Bertz CT molecular complexity index is 1370. The number of benzene rings is 2. The Morgan fingerprint density at radius 1 is 1.10 bits per heavy atom. The SMILES string of the molecule is COC(=O)c1cc(Oc2ccc3c(c2)C[C@@H](N(C[C@H](O)c2ccc(C)nc2)C(=O)OC(C)(C)C)CC3)ccc1Cl. The lowest BCUT2D eigenvalue weighted by Gasteiger charge is -2.37. The van der Waals surface area contributed by atoms with E-state index in [9.17, 15) is 14.7 Å². The van der Waals surface area contributed by atoms with Crippen molar-refractivity contribution in [3.63, 3.8) is 0 Å². The third-order valence-electron chi connectivity index (χ3n) is 6.72. The molecule has 2 atom stereocenters. The normalized spacial score (nSPS) is 15.5. The van der Waals surface area contributed by atoms with Crippen molar-refractivity contribution in [2.75, 3.05) is 13.7 Å². The van der Waals surface area contributed by atoms with Gasteiger partial charge in [0, 0.05) is 23.5 Å². The third kappa shape index (κ3) is 7.31. The highest BCUT2D eigenvalue weighted by Crippen LogP contribution is 2.33. The fourth-order valence-electron chi connectivity index (χ4n) is 4.68. The number of carbonyl (C=O) groups is 2. The predicted molar refractivity (Wildman–Crippen MR) is 152 cm³/mol. The Balaban J connectivity index is 1.56. The topological polar surface area (TPSA) is 98.2 Å². The number of nitrogens with zero attached hydrogens (tertiary/aromatic N) is 2. The van der Waals surface area contributed by atoms with Crippen LogP contribution in [0.15, 0.2) is 54.7 Å². The molecule has 1 aromatic heterocycles. The molecule has 0 spiro atoms. The average molecular weight is 567 g/mol. The maximum absolute atomic E-state index is 13.3. The summed E-state index contributed by atoms with van der Waals surface area (Å²) in [5.41, 5.74) is 3.23. The van der Waals surface area contributed by atoms with Gasteiger partial charge in [-0.05, 0) is 94.5 Å². The molecule has 8 nitrogen and oxygen atoms in total. The standard InChI is InChI=1S/C31H35ClN2O6/c1-19-6-7-21(17-33-19)28(35)18-34(30(37)40-31(2,3)4)23-10-8-20-9-11-24(15-22(20)14-23)39-25-12-13-27(32)26(16-25)29(36)38-5/h6-7,9,11-13,15-17,23,28,35H,8,10,14,18H2,1-5H3/t23-,28-/m0/s1. The van der Waals surface area contributed by atoms with Gasteiger partial charge in [0.2, 0.25) is 0 Å². The van der Waals surface area contributed by atoms with E-state index in [1.54, 1.807) is 29.3 Å². The second-order valence-electron chi connectivity index (χ2n) is 10.9. The van der Waals surface area contributed by atoms with Crippen LogP contribution in [0.2, 0.25) is 5.02 Å². The van der Waals surface area contributed by atoms with Crippen LogP contribution in [0, 0.1) is 6.92 Å². The first-order valence-electron chi connectivity index (χ1n) is 13.2. The van der Waals surface area contributed by atoms with Crippen molar-refractivity contribution in [2.24, 2.45) is 0 Å². The number of fused-ring (bicyclic) bond motifs is 1. The van der Waals surface area contributed by atoms with Crippen molar-refractivity contribution in [1.82, 2.24) is 9.88 Å². The van der Waals surface area contributed by atoms with Crippen molar-refractivity contribution in [2.45, 2.75) is 64.7 Å². The van der Waals surface area contributed by atoms with Gasteiger partial charge in [0.05, 0.1) is 30.3 Å². The summed E-state index contributed by atoms with van der Waals surface area (Å²) < 4.78 is 16.6. The van der Waals surface area contributed by atoms with E-state index in [0.29, 0.717) is 23.5 Å². The van der Waals surface area contributed by atoms with Crippen LogP contribution in [0.1, 0.15) is 66.0 Å². The lowest BCUT2D eigenvalue weighted by molar-refractivity contribution is 0.00190. The Morgan fingerprint density at radius 2 is 1.82 bits per heavy atom. The summed E-state index contributed by atoms with van der Waals surface area (Å²) in [5.74, 6) is 0.490. The molecule has 9 heteroatoms. The van der Waals surface area contributed by atoms with Gasteiger partial charge >= 0.3 is 12.1 Å². The molecule has 3 aromatic rings. The van der Waals surface area contributed by atoms with Crippen molar-refractivity contribution in [3.05, 3.63) is 87.7 Å². The maximum atomic E-state index is 13.3. The quantitative estimate of drug-likeness (QED) is 0.328. The summed E-state index contributed by atoms with van der Waals surface area (Å²) in [5, 5.41) is 11.3. The molecule has 0 saturated heterocycles. The van der Waals surface area contributed by atoms with Gasteiger partial charge in [-0.3, -0.25) is 4.98 Å². The van der Waals surface area contributed by atoms with Gasteiger partial charge in [-0.15, -0.1) is 0 Å². The van der Waals surface area contributed by atoms with Crippen LogP contribution in [-0.4, -0.2) is 52.4 Å². The second kappa shape index (κ2) is 12.3. The number of hydrogen-bond donors (Lipinski definition) is 1. The summed E-state index contributed by atoms with van der Waals surface area (Å²) in [4.78, 5) is 31.3. The summed E-state index contributed by atoms with van der Waals surface area (Å²) >= 11 is 6.14. The smallest absolute Gasteiger partial charge is 0.410 e. The zero-order chi connectivity index (χ0) is 29.0. The molecule has 0 aliphatic heterocycles. The van der Waals surface area contributed by atoms with Gasteiger partial charge in [-0.1, -0.05) is 23.7 Å². The highest BCUT2D eigenvalue weighted by Gasteiger charge is 2.33. The monoisotopic (exact) mass is 566 g/mol. The van der Waals surface area contributed by atoms with Crippen LogP contribution < -0.4 is 4.74 Å². The number of hydrogen-bond acceptors (Lipinski definition) is 7. The zero-order valence-corrected chi connectivity index (χ0v) is 24.2. The number of pyridine rings is 1. The first-order valence-corrected chi connectivity index (χ1v) is 13.6. The van der Waals surface area contributed by atoms with E-state index in [0.717, 1.165) is 24.1 Å². The summed E-state index contributed by atoms with van der Waals surface area (Å²) in [6, 6.07) is 14.1. The van der Waals surface area contributed by atoms with E-state index in [1.165, 1.54) is 12.7 Å². The molecule has 0 saturated carbocycles. The molecule has 0 radical (unpaired) electrons. The Morgan fingerprint density at radius 3 is 2.50 bits per heavy atom. The Hall–Kier alpha value is -3.62. The molecule has 2 aromatic carbocycles. The van der Waals surface area contributed by atoms with Crippen molar-refractivity contribution in [3.8, 4) is 11.5 Å². The number of amides is 1. The maximum Gasteiger partial charge on any atom is 0.410 e. The Kier molecular flexibility index (Phi) is 9.01. The van der Waals surface area contributed by atoms with Crippen LogP contribution in [-0.2, 0) is 22.3 Å². The van der Waals surface area contributed by atoms with E-state index >= 15 is 0 Å². The van der Waals surface area contributed by atoms with Gasteiger partial charge in [-0.2, -0.15) is 0 Å². The number of aliphatic hydroxyl groups excluding tert-OH is 1. The number of ether oxygens (including phenoxy) is 3. The molecule has 212 valence electrons. The highest BCUT2D eigenvalue weighted by molar-refractivity contribution is 6.33. The number of esters is 1. The van der Waals surface area contributed by atoms with Crippen LogP contribution in [0.3, 0.4) is 0 Å². The molecule has 1 aliphatic rings. The molecule has 1 aliphatic carbocycles. The van der Waals surface area contributed by atoms with Gasteiger partial charge in [0.1, 0.15) is 17.1 Å². The number of halogens is 1. The second-order valence-corrected chi connectivity index (χ2v) is 11.4. The van der Waals surface area contributed by atoms with Crippen molar-refractivity contribution >= 4 is 23.7 Å². The largest absolute Gasteiger partial charge is 0.465 e. The van der Waals surface area contributed by atoms with Crippen LogP contribution in [0.25, 0.3) is 0 Å². The van der Waals surface area contributed by atoms with E-state index in [1.807, 2.05) is 58.0 Å². The van der Waals surface area contributed by atoms with E-state index in [-0.39, 0.29) is 23.2 Å². The minimum atomic E-state index is -0.911. The first-order chi connectivity index (χ1) is 18.9. The van der Waals surface area contributed by atoms with Gasteiger partial charge < -0.3 is 24.2 Å². The molecule has 0 bridgehead atoms. The van der Waals surface area contributed by atoms with E-state index in [4.69, 9.17) is 25.8 Å². The van der Waals surface area contributed by atoms with Crippen molar-refractivity contribution < 1.29 is 28.9 Å². The zero-order valence-electron chi connectivity index (χ0n) is 23.4. The van der Waals surface area contributed by atoms with E-state index in [2.05, 4.69) is 4.98 Å². The fraction of sp³-hybridized carbons (Fsp3) is 0.387. The Labute approximate surface area is 239 Å². The summed E-state index contributed by atoms with van der Waals surface area (Å²) in [6.07, 6.45) is 2.31. The fourth-order valence-corrected chi connectivity index (χ4v) is 4.87. The molecule has 1 heterocycles. The first kappa shape index (κ1) is 29.4. The van der Waals surface area contributed by atoms with Crippen LogP contribution in [0.4, 0.5) is 4.79 Å². The molecule has 4 rings (SSSR count). The molecule has 1 amide bonds. The minimum absolute atomic E-state index is 0.0803. The van der Waals surface area contributed by atoms with Gasteiger partial charge in [0.25, 0.3) is 0 Å². The molecular weight excluding hydrogens is 532 g/mol. The van der Waals surface area contributed by atoms with Crippen molar-refractivity contribution in [1.29, 1.82) is 0 Å². The molecular formula is C31H35ClN2O6. The molecule has 0 unspecified atom stereocenters.